The average molecular weight is 328 g/mol. The number of benzene rings is 1. The van der Waals surface area contributed by atoms with Crippen molar-refractivity contribution in [2.45, 2.75) is 25.4 Å². The summed E-state index contributed by atoms with van der Waals surface area (Å²) in [5.74, 6) is -0.472. The first-order chi connectivity index (χ1) is 11.7. The van der Waals surface area contributed by atoms with E-state index in [2.05, 4.69) is 20.4 Å². The SMILES string of the molecule is O=C(NCCc1cnccn1)[C@@H]1CC(Cc2ccc(F)cc2)=NO1. The molecule has 0 unspecified atom stereocenters. The zero-order valence-corrected chi connectivity index (χ0v) is 13.0. The molecule has 1 atom stereocenters. The Balaban J connectivity index is 1.42. The van der Waals surface area contributed by atoms with E-state index >= 15 is 0 Å². The lowest BCUT2D eigenvalue weighted by molar-refractivity contribution is -0.131. The molecule has 1 aliphatic heterocycles. The third-order valence-corrected chi connectivity index (χ3v) is 3.64. The van der Waals surface area contributed by atoms with Crippen molar-refractivity contribution < 1.29 is 14.0 Å². The summed E-state index contributed by atoms with van der Waals surface area (Å²) in [7, 11) is 0. The normalized spacial score (nSPS) is 16.4. The Morgan fingerprint density at radius 2 is 2.12 bits per heavy atom. The standard InChI is InChI=1S/C17H17FN4O2/c18-13-3-1-12(2-4-13)9-15-10-16(24-22-15)17(23)21-6-5-14-11-19-7-8-20-14/h1-4,7-8,11,16H,5-6,9-10H2,(H,21,23)/t16-/m0/s1. The summed E-state index contributed by atoms with van der Waals surface area (Å²) in [4.78, 5) is 25.4. The smallest absolute Gasteiger partial charge is 0.264 e. The van der Waals surface area contributed by atoms with Gasteiger partial charge in [0, 0.05) is 44.4 Å². The van der Waals surface area contributed by atoms with Crippen molar-refractivity contribution in [2.24, 2.45) is 5.16 Å². The van der Waals surface area contributed by atoms with Gasteiger partial charge in [-0.3, -0.25) is 14.8 Å². The van der Waals surface area contributed by atoms with Gasteiger partial charge < -0.3 is 10.2 Å². The molecular weight excluding hydrogens is 311 g/mol. The molecule has 1 aromatic carbocycles. The van der Waals surface area contributed by atoms with E-state index < -0.39 is 6.10 Å². The molecule has 6 nitrogen and oxygen atoms in total. The molecule has 0 spiro atoms. The van der Waals surface area contributed by atoms with Crippen molar-refractivity contribution in [1.82, 2.24) is 15.3 Å². The van der Waals surface area contributed by atoms with Crippen LogP contribution in [0, 0.1) is 5.82 Å². The number of carbonyl (C=O) groups is 1. The van der Waals surface area contributed by atoms with Gasteiger partial charge in [-0.05, 0) is 17.7 Å². The maximum absolute atomic E-state index is 12.9. The molecule has 0 radical (unpaired) electrons. The molecule has 0 aliphatic carbocycles. The van der Waals surface area contributed by atoms with E-state index in [0.717, 1.165) is 17.0 Å². The average Bonchev–Trinajstić information content (AvgIpc) is 3.06. The summed E-state index contributed by atoms with van der Waals surface area (Å²) in [5.41, 5.74) is 2.52. The van der Waals surface area contributed by atoms with E-state index in [9.17, 15) is 9.18 Å². The lowest BCUT2D eigenvalue weighted by Crippen LogP contribution is -2.36. The number of nitrogens with zero attached hydrogens (tertiary/aromatic N) is 3. The fourth-order valence-electron chi connectivity index (χ4n) is 2.40. The molecule has 3 rings (SSSR count). The summed E-state index contributed by atoms with van der Waals surface area (Å²) >= 11 is 0. The van der Waals surface area contributed by atoms with Crippen LogP contribution in [0.3, 0.4) is 0 Å². The zero-order chi connectivity index (χ0) is 16.8. The van der Waals surface area contributed by atoms with Gasteiger partial charge in [-0.15, -0.1) is 0 Å². The maximum atomic E-state index is 12.9. The molecule has 0 fully saturated rings. The third-order valence-electron chi connectivity index (χ3n) is 3.64. The quantitative estimate of drug-likeness (QED) is 0.875. The van der Waals surface area contributed by atoms with Crippen molar-refractivity contribution in [1.29, 1.82) is 0 Å². The molecule has 1 N–H and O–H groups in total. The monoisotopic (exact) mass is 328 g/mol. The lowest BCUT2D eigenvalue weighted by Gasteiger charge is -2.09. The van der Waals surface area contributed by atoms with Gasteiger partial charge in [0.05, 0.1) is 11.4 Å². The number of hydrogen-bond donors (Lipinski definition) is 1. The molecule has 7 heteroatoms. The Labute approximate surface area is 138 Å². The van der Waals surface area contributed by atoms with Crippen LogP contribution in [0.4, 0.5) is 4.39 Å². The summed E-state index contributed by atoms with van der Waals surface area (Å²) in [6.07, 6.45) is 5.87. The fraction of sp³-hybridized carbons (Fsp3) is 0.294. The maximum Gasteiger partial charge on any atom is 0.264 e. The zero-order valence-electron chi connectivity index (χ0n) is 13.0. The molecule has 1 aliphatic rings. The molecule has 0 saturated heterocycles. The fourth-order valence-corrected chi connectivity index (χ4v) is 2.40. The highest BCUT2D eigenvalue weighted by Crippen LogP contribution is 2.15. The van der Waals surface area contributed by atoms with E-state index in [1.54, 1.807) is 30.7 Å². The molecule has 0 saturated carbocycles. The van der Waals surface area contributed by atoms with E-state index in [1.807, 2.05) is 0 Å². The Bertz CT molecular complexity index is 719. The summed E-state index contributed by atoms with van der Waals surface area (Å²) in [5, 5.41) is 6.77. The summed E-state index contributed by atoms with van der Waals surface area (Å²) in [6.45, 7) is 0.463. The van der Waals surface area contributed by atoms with Crippen molar-refractivity contribution >= 4 is 11.6 Å². The van der Waals surface area contributed by atoms with Crippen molar-refractivity contribution in [3.8, 4) is 0 Å². The first kappa shape index (κ1) is 16.0. The Hall–Kier alpha value is -2.83. The minimum Gasteiger partial charge on any atom is -0.382 e. The van der Waals surface area contributed by atoms with Crippen LogP contribution in [0.5, 0.6) is 0 Å². The molecule has 2 aromatic rings. The third kappa shape index (κ3) is 4.34. The topological polar surface area (TPSA) is 76.5 Å². The predicted molar refractivity (Wildman–Crippen MR) is 85.8 cm³/mol. The van der Waals surface area contributed by atoms with Gasteiger partial charge in [-0.2, -0.15) is 0 Å². The molecule has 24 heavy (non-hydrogen) atoms. The van der Waals surface area contributed by atoms with Gasteiger partial charge in [0.1, 0.15) is 5.82 Å². The molecule has 124 valence electrons. The van der Waals surface area contributed by atoms with Crippen LogP contribution in [0.15, 0.2) is 48.0 Å². The number of aromatic nitrogens is 2. The largest absolute Gasteiger partial charge is 0.382 e. The van der Waals surface area contributed by atoms with Crippen LogP contribution in [0.25, 0.3) is 0 Å². The van der Waals surface area contributed by atoms with E-state index in [-0.39, 0.29) is 11.7 Å². The predicted octanol–water partition coefficient (Wildman–Crippen LogP) is 1.66. The first-order valence-electron chi connectivity index (χ1n) is 7.69. The lowest BCUT2D eigenvalue weighted by atomic mass is 10.0. The number of halogens is 1. The molecule has 0 bridgehead atoms. The van der Waals surface area contributed by atoms with Crippen molar-refractivity contribution in [3.63, 3.8) is 0 Å². The van der Waals surface area contributed by atoms with Gasteiger partial charge in [0.15, 0.2) is 0 Å². The van der Waals surface area contributed by atoms with E-state index in [1.165, 1.54) is 12.1 Å². The van der Waals surface area contributed by atoms with Gasteiger partial charge in [0.25, 0.3) is 5.91 Å². The molecule has 1 amide bonds. The van der Waals surface area contributed by atoms with Gasteiger partial charge in [0.2, 0.25) is 6.10 Å². The minimum absolute atomic E-state index is 0.197. The van der Waals surface area contributed by atoms with Crippen LogP contribution < -0.4 is 5.32 Å². The Morgan fingerprint density at radius 1 is 1.29 bits per heavy atom. The highest BCUT2D eigenvalue weighted by Gasteiger charge is 2.27. The van der Waals surface area contributed by atoms with Crippen LogP contribution in [-0.2, 0) is 22.5 Å². The highest BCUT2D eigenvalue weighted by atomic mass is 19.1. The number of rotatable bonds is 6. The minimum atomic E-state index is -0.609. The number of nitrogens with one attached hydrogen (secondary N) is 1. The Kier molecular flexibility index (Phi) is 5.10. The Morgan fingerprint density at radius 3 is 2.88 bits per heavy atom. The van der Waals surface area contributed by atoms with Gasteiger partial charge >= 0.3 is 0 Å². The number of amides is 1. The number of hydrogen-bond acceptors (Lipinski definition) is 5. The second kappa shape index (κ2) is 7.63. The first-order valence-corrected chi connectivity index (χ1v) is 7.69. The second-order valence-electron chi connectivity index (χ2n) is 5.50. The van der Waals surface area contributed by atoms with Crippen molar-refractivity contribution in [3.05, 3.63) is 59.9 Å². The van der Waals surface area contributed by atoms with Crippen LogP contribution in [-0.4, -0.2) is 34.2 Å². The number of carbonyl (C=O) groups excluding carboxylic acids is 1. The van der Waals surface area contributed by atoms with E-state index in [0.29, 0.717) is 25.8 Å². The summed E-state index contributed by atoms with van der Waals surface area (Å²) in [6, 6.07) is 6.21. The van der Waals surface area contributed by atoms with Crippen molar-refractivity contribution in [2.75, 3.05) is 6.54 Å². The molecule has 2 heterocycles. The molecule has 1 aromatic heterocycles. The van der Waals surface area contributed by atoms with Crippen LogP contribution in [0.2, 0.25) is 0 Å². The summed E-state index contributed by atoms with van der Waals surface area (Å²) < 4.78 is 12.9. The van der Waals surface area contributed by atoms with E-state index in [4.69, 9.17) is 4.84 Å². The van der Waals surface area contributed by atoms with Gasteiger partial charge in [-0.25, -0.2) is 4.39 Å². The van der Waals surface area contributed by atoms with Gasteiger partial charge in [-0.1, -0.05) is 17.3 Å². The highest BCUT2D eigenvalue weighted by molar-refractivity contribution is 5.93. The van der Waals surface area contributed by atoms with Crippen LogP contribution >= 0.6 is 0 Å². The molecular formula is C17H17FN4O2. The number of oxime groups is 1. The second-order valence-corrected chi connectivity index (χ2v) is 5.50. The van der Waals surface area contributed by atoms with Crippen LogP contribution in [0.1, 0.15) is 17.7 Å².